The second-order valence-electron chi connectivity index (χ2n) is 4.66. The molecular weight excluding hydrogens is 250 g/mol. The van der Waals surface area contributed by atoms with Crippen molar-refractivity contribution in [2.24, 2.45) is 7.05 Å². The van der Waals surface area contributed by atoms with Gasteiger partial charge in [0, 0.05) is 38.7 Å². The normalized spacial score (nSPS) is 10.8. The Balaban J connectivity index is 1.68. The highest BCUT2D eigenvalue weighted by Crippen LogP contribution is 2.13. The number of hydrogen-bond acceptors (Lipinski definition) is 3. The van der Waals surface area contributed by atoms with Crippen LogP contribution in [0.25, 0.3) is 5.69 Å². The zero-order valence-electron chi connectivity index (χ0n) is 11.4. The lowest BCUT2D eigenvalue weighted by Crippen LogP contribution is -2.15. The Morgan fingerprint density at radius 3 is 2.70 bits per heavy atom. The summed E-state index contributed by atoms with van der Waals surface area (Å²) in [7, 11) is 1.93. The number of aryl methyl sites for hydroxylation is 1. The van der Waals surface area contributed by atoms with Crippen molar-refractivity contribution in [2.45, 2.75) is 13.1 Å². The fourth-order valence-electron chi connectivity index (χ4n) is 2.18. The summed E-state index contributed by atoms with van der Waals surface area (Å²) in [5.74, 6) is 0. The first-order valence-electron chi connectivity index (χ1n) is 6.60. The molecule has 1 aromatic carbocycles. The van der Waals surface area contributed by atoms with Gasteiger partial charge in [-0.25, -0.2) is 4.68 Å². The van der Waals surface area contributed by atoms with Crippen molar-refractivity contribution in [1.82, 2.24) is 24.9 Å². The van der Waals surface area contributed by atoms with Crippen molar-refractivity contribution in [3.63, 3.8) is 0 Å². The van der Waals surface area contributed by atoms with E-state index in [4.69, 9.17) is 0 Å². The number of nitrogens with one attached hydrogen (secondary N) is 1. The Labute approximate surface area is 117 Å². The highest BCUT2D eigenvalue weighted by Gasteiger charge is 2.04. The van der Waals surface area contributed by atoms with Crippen molar-refractivity contribution in [1.29, 1.82) is 0 Å². The molecule has 3 aromatic rings. The first-order valence-corrected chi connectivity index (χ1v) is 6.60. The highest BCUT2D eigenvalue weighted by atomic mass is 15.3. The topological polar surface area (TPSA) is 47.7 Å². The Kier molecular flexibility index (Phi) is 3.60. The van der Waals surface area contributed by atoms with Gasteiger partial charge in [0.25, 0.3) is 0 Å². The lowest BCUT2D eigenvalue weighted by Gasteiger charge is -2.10. The van der Waals surface area contributed by atoms with E-state index >= 15 is 0 Å². The van der Waals surface area contributed by atoms with Gasteiger partial charge in [-0.3, -0.25) is 4.68 Å². The number of aromatic nitrogens is 4. The van der Waals surface area contributed by atoms with E-state index in [1.165, 1.54) is 5.56 Å². The average Bonchev–Trinajstić information content (AvgIpc) is 3.11. The van der Waals surface area contributed by atoms with Crippen LogP contribution >= 0.6 is 0 Å². The molecule has 0 spiro atoms. The molecule has 0 fully saturated rings. The zero-order valence-corrected chi connectivity index (χ0v) is 11.4. The van der Waals surface area contributed by atoms with E-state index in [1.54, 1.807) is 6.20 Å². The monoisotopic (exact) mass is 267 g/mol. The zero-order chi connectivity index (χ0) is 13.8. The van der Waals surface area contributed by atoms with Crippen LogP contribution in [-0.2, 0) is 20.1 Å². The van der Waals surface area contributed by atoms with Crippen LogP contribution in [0.5, 0.6) is 0 Å². The van der Waals surface area contributed by atoms with Gasteiger partial charge in [0.2, 0.25) is 0 Å². The average molecular weight is 267 g/mol. The number of hydrogen-bond donors (Lipinski definition) is 1. The second-order valence-corrected chi connectivity index (χ2v) is 4.66. The van der Waals surface area contributed by atoms with Gasteiger partial charge in [-0.2, -0.15) is 10.2 Å². The molecule has 0 aliphatic rings. The summed E-state index contributed by atoms with van der Waals surface area (Å²) >= 11 is 0. The molecule has 3 rings (SSSR count). The highest BCUT2D eigenvalue weighted by molar-refractivity contribution is 5.40. The summed E-state index contributed by atoms with van der Waals surface area (Å²) in [6.45, 7) is 1.54. The standard InChI is InChI=1S/C15H17N5/c1-19-10-7-14(18-19)12-16-11-13-5-2-3-6-15(13)20-9-4-8-17-20/h2-10,16H,11-12H2,1H3. The third kappa shape index (κ3) is 2.78. The van der Waals surface area contributed by atoms with E-state index in [2.05, 4.69) is 27.6 Å². The van der Waals surface area contributed by atoms with E-state index in [1.807, 2.05) is 53.1 Å². The first kappa shape index (κ1) is 12.6. The number of benzene rings is 1. The van der Waals surface area contributed by atoms with Crippen LogP contribution in [0.15, 0.2) is 55.0 Å². The molecule has 0 atom stereocenters. The second kappa shape index (κ2) is 5.71. The van der Waals surface area contributed by atoms with E-state index < -0.39 is 0 Å². The Morgan fingerprint density at radius 1 is 1.05 bits per heavy atom. The SMILES string of the molecule is Cn1ccc(CNCc2ccccc2-n2cccn2)n1. The summed E-state index contributed by atoms with van der Waals surface area (Å²) in [4.78, 5) is 0. The van der Waals surface area contributed by atoms with Gasteiger partial charge in [-0.1, -0.05) is 18.2 Å². The molecule has 0 aliphatic carbocycles. The first-order chi connectivity index (χ1) is 9.83. The quantitative estimate of drug-likeness (QED) is 0.768. The van der Waals surface area contributed by atoms with Gasteiger partial charge in [0.1, 0.15) is 0 Å². The molecule has 0 saturated heterocycles. The van der Waals surface area contributed by atoms with Gasteiger partial charge >= 0.3 is 0 Å². The molecule has 2 aromatic heterocycles. The summed E-state index contributed by atoms with van der Waals surface area (Å²) in [5, 5.41) is 12.1. The van der Waals surface area contributed by atoms with Gasteiger partial charge in [-0.05, 0) is 23.8 Å². The Morgan fingerprint density at radius 2 is 1.95 bits per heavy atom. The molecule has 0 amide bonds. The van der Waals surface area contributed by atoms with Crippen molar-refractivity contribution in [3.05, 3.63) is 66.2 Å². The molecule has 0 aliphatic heterocycles. The van der Waals surface area contributed by atoms with Crippen LogP contribution in [0.4, 0.5) is 0 Å². The van der Waals surface area contributed by atoms with Gasteiger partial charge in [-0.15, -0.1) is 0 Å². The molecule has 1 N–H and O–H groups in total. The van der Waals surface area contributed by atoms with E-state index in [0.29, 0.717) is 0 Å². The van der Waals surface area contributed by atoms with Crippen molar-refractivity contribution < 1.29 is 0 Å². The number of para-hydroxylation sites is 1. The molecule has 102 valence electrons. The largest absolute Gasteiger partial charge is 0.307 e. The molecule has 0 saturated carbocycles. The molecule has 2 heterocycles. The van der Waals surface area contributed by atoms with Crippen LogP contribution in [0.2, 0.25) is 0 Å². The van der Waals surface area contributed by atoms with Gasteiger partial charge in [0.15, 0.2) is 0 Å². The van der Waals surface area contributed by atoms with E-state index in [0.717, 1.165) is 24.5 Å². The fourth-order valence-corrected chi connectivity index (χ4v) is 2.18. The Hall–Kier alpha value is -2.40. The van der Waals surface area contributed by atoms with Crippen LogP contribution in [0.3, 0.4) is 0 Å². The third-order valence-corrected chi connectivity index (χ3v) is 3.13. The van der Waals surface area contributed by atoms with Crippen LogP contribution in [0.1, 0.15) is 11.3 Å². The smallest absolute Gasteiger partial charge is 0.0762 e. The minimum Gasteiger partial charge on any atom is -0.307 e. The fraction of sp³-hybridized carbons (Fsp3) is 0.200. The van der Waals surface area contributed by atoms with Crippen molar-refractivity contribution >= 4 is 0 Å². The van der Waals surface area contributed by atoms with Crippen molar-refractivity contribution in [3.8, 4) is 5.69 Å². The maximum Gasteiger partial charge on any atom is 0.0762 e. The van der Waals surface area contributed by atoms with Crippen LogP contribution in [0, 0.1) is 0 Å². The summed E-state index contributed by atoms with van der Waals surface area (Å²) in [6, 6.07) is 12.2. The lowest BCUT2D eigenvalue weighted by atomic mass is 10.2. The van der Waals surface area contributed by atoms with Crippen LogP contribution in [-0.4, -0.2) is 19.6 Å². The van der Waals surface area contributed by atoms with Crippen molar-refractivity contribution in [2.75, 3.05) is 0 Å². The van der Waals surface area contributed by atoms with Gasteiger partial charge in [0.05, 0.1) is 11.4 Å². The van der Waals surface area contributed by atoms with Gasteiger partial charge < -0.3 is 5.32 Å². The predicted molar refractivity (Wildman–Crippen MR) is 77.3 cm³/mol. The minimum absolute atomic E-state index is 0.758. The molecule has 5 heteroatoms. The Bertz CT molecular complexity index is 669. The van der Waals surface area contributed by atoms with E-state index in [9.17, 15) is 0 Å². The molecule has 20 heavy (non-hydrogen) atoms. The lowest BCUT2D eigenvalue weighted by molar-refractivity contribution is 0.653. The molecular formula is C15H17N5. The van der Waals surface area contributed by atoms with E-state index in [-0.39, 0.29) is 0 Å². The number of rotatable bonds is 5. The summed E-state index contributed by atoms with van der Waals surface area (Å²) < 4.78 is 3.70. The third-order valence-electron chi connectivity index (χ3n) is 3.13. The molecule has 0 unspecified atom stereocenters. The maximum atomic E-state index is 4.35. The summed E-state index contributed by atoms with van der Waals surface area (Å²) in [5.41, 5.74) is 3.36. The summed E-state index contributed by atoms with van der Waals surface area (Å²) in [6.07, 6.45) is 5.70. The molecule has 0 radical (unpaired) electrons. The predicted octanol–water partition coefficient (Wildman–Crippen LogP) is 1.90. The minimum atomic E-state index is 0.758. The van der Waals surface area contributed by atoms with Crippen LogP contribution < -0.4 is 5.32 Å². The maximum absolute atomic E-state index is 4.35. The molecule has 0 bridgehead atoms. The number of nitrogens with zero attached hydrogens (tertiary/aromatic N) is 4. The molecule has 5 nitrogen and oxygen atoms in total.